The van der Waals surface area contributed by atoms with Crippen LogP contribution in [0.1, 0.15) is 34.2 Å². The van der Waals surface area contributed by atoms with Gasteiger partial charge < -0.3 is 5.32 Å². The van der Waals surface area contributed by atoms with Crippen LogP contribution in [-0.2, 0) is 19.3 Å². The molecule has 2 heterocycles. The summed E-state index contributed by atoms with van der Waals surface area (Å²) in [5.74, 6) is 0.840. The Morgan fingerprint density at radius 3 is 2.89 bits per heavy atom. The fraction of sp³-hybridized carbons (Fsp3) is 0.583. The predicted molar refractivity (Wildman–Crippen MR) is 75.6 cm³/mol. The second kappa shape index (κ2) is 5.32. The van der Waals surface area contributed by atoms with Gasteiger partial charge in [0.2, 0.25) is 5.13 Å². The number of hydrogen-bond donors (Lipinski definition) is 1. The largest absolute Gasteiger partial charge is 0.360 e. The fourth-order valence-electron chi connectivity index (χ4n) is 2.16. The Labute approximate surface area is 115 Å². The molecule has 0 saturated carbocycles. The van der Waals surface area contributed by atoms with Crippen molar-refractivity contribution in [3.8, 4) is 0 Å². The van der Waals surface area contributed by atoms with Gasteiger partial charge in [-0.15, -0.1) is 11.3 Å². The van der Waals surface area contributed by atoms with Crippen LogP contribution in [0.4, 0.5) is 5.13 Å². The molecule has 0 fully saturated rings. The Morgan fingerprint density at radius 1 is 1.22 bits per heavy atom. The predicted octanol–water partition coefficient (Wildman–Crippen LogP) is 2.84. The fourth-order valence-corrected chi connectivity index (χ4v) is 3.91. The maximum Gasteiger partial charge on any atom is 0.202 e. The SMILES string of the molecule is Cc1nsc(NCCc2nc3c(s2)CCCC3)n1. The van der Waals surface area contributed by atoms with E-state index >= 15 is 0 Å². The quantitative estimate of drug-likeness (QED) is 0.935. The lowest BCUT2D eigenvalue weighted by Crippen LogP contribution is -2.04. The van der Waals surface area contributed by atoms with Crippen molar-refractivity contribution in [1.29, 1.82) is 0 Å². The molecule has 0 aromatic carbocycles. The molecule has 0 atom stereocenters. The number of anilines is 1. The van der Waals surface area contributed by atoms with Gasteiger partial charge in [-0.2, -0.15) is 4.37 Å². The van der Waals surface area contributed by atoms with Crippen LogP contribution >= 0.6 is 22.9 Å². The summed E-state index contributed by atoms with van der Waals surface area (Å²) in [5, 5.41) is 5.48. The highest BCUT2D eigenvalue weighted by atomic mass is 32.1. The summed E-state index contributed by atoms with van der Waals surface area (Å²) in [6.07, 6.45) is 6.02. The molecule has 2 aromatic heterocycles. The average molecular weight is 280 g/mol. The summed E-state index contributed by atoms with van der Waals surface area (Å²) < 4.78 is 4.15. The number of hydrogen-bond acceptors (Lipinski definition) is 6. The summed E-state index contributed by atoms with van der Waals surface area (Å²) in [5.41, 5.74) is 1.35. The van der Waals surface area contributed by atoms with E-state index in [1.807, 2.05) is 18.3 Å². The molecule has 1 N–H and O–H groups in total. The molecule has 1 aliphatic rings. The molecule has 0 bridgehead atoms. The van der Waals surface area contributed by atoms with Gasteiger partial charge in [0.1, 0.15) is 5.82 Å². The number of nitrogens with one attached hydrogen (secondary N) is 1. The van der Waals surface area contributed by atoms with E-state index in [0.717, 1.165) is 23.9 Å². The lowest BCUT2D eigenvalue weighted by atomic mass is 10.0. The van der Waals surface area contributed by atoms with Crippen molar-refractivity contribution in [2.24, 2.45) is 0 Å². The molecular formula is C12H16N4S2. The van der Waals surface area contributed by atoms with E-state index in [4.69, 9.17) is 4.98 Å². The first kappa shape index (κ1) is 12.0. The highest BCUT2D eigenvalue weighted by molar-refractivity contribution is 7.11. The third-order valence-corrected chi connectivity index (χ3v) is 5.01. The molecule has 0 saturated heterocycles. The number of fused-ring (bicyclic) bond motifs is 1. The minimum atomic E-state index is 0.840. The summed E-state index contributed by atoms with van der Waals surface area (Å²) >= 11 is 3.31. The molecule has 0 unspecified atom stereocenters. The molecular weight excluding hydrogens is 264 g/mol. The van der Waals surface area contributed by atoms with E-state index in [1.165, 1.54) is 52.8 Å². The van der Waals surface area contributed by atoms with Crippen molar-refractivity contribution in [2.45, 2.75) is 39.0 Å². The smallest absolute Gasteiger partial charge is 0.202 e. The Kier molecular flexibility index (Phi) is 3.56. The molecule has 0 amide bonds. The van der Waals surface area contributed by atoms with Crippen LogP contribution in [0.25, 0.3) is 0 Å². The van der Waals surface area contributed by atoms with Crippen molar-refractivity contribution in [3.05, 3.63) is 21.4 Å². The first-order valence-corrected chi connectivity index (χ1v) is 7.92. The van der Waals surface area contributed by atoms with Gasteiger partial charge in [-0.3, -0.25) is 0 Å². The average Bonchev–Trinajstić information content (AvgIpc) is 2.95. The third kappa shape index (κ3) is 2.70. The van der Waals surface area contributed by atoms with E-state index in [2.05, 4.69) is 14.7 Å². The van der Waals surface area contributed by atoms with Gasteiger partial charge in [-0.1, -0.05) is 0 Å². The van der Waals surface area contributed by atoms with Crippen LogP contribution in [0.15, 0.2) is 0 Å². The number of thiazole rings is 1. The summed E-state index contributed by atoms with van der Waals surface area (Å²) in [6.45, 7) is 2.80. The van der Waals surface area contributed by atoms with Crippen molar-refractivity contribution in [3.63, 3.8) is 0 Å². The van der Waals surface area contributed by atoms with Crippen molar-refractivity contribution < 1.29 is 0 Å². The first-order chi connectivity index (χ1) is 8.81. The molecule has 3 rings (SSSR count). The second-order valence-electron chi connectivity index (χ2n) is 4.51. The Balaban J connectivity index is 1.55. The Bertz CT molecular complexity index is 508. The number of rotatable bonds is 4. The second-order valence-corrected chi connectivity index (χ2v) is 6.43. The summed E-state index contributed by atoms with van der Waals surface area (Å²) in [6, 6.07) is 0. The molecule has 0 aliphatic heterocycles. The van der Waals surface area contributed by atoms with E-state index in [-0.39, 0.29) is 0 Å². The molecule has 96 valence electrons. The summed E-state index contributed by atoms with van der Waals surface area (Å²) in [4.78, 5) is 10.5. The van der Waals surface area contributed by atoms with Gasteiger partial charge >= 0.3 is 0 Å². The minimum Gasteiger partial charge on any atom is -0.360 e. The van der Waals surface area contributed by atoms with E-state index in [9.17, 15) is 0 Å². The molecule has 2 aromatic rings. The number of aryl methyl sites for hydroxylation is 3. The highest BCUT2D eigenvalue weighted by Crippen LogP contribution is 2.26. The maximum atomic E-state index is 4.73. The van der Waals surface area contributed by atoms with Gasteiger partial charge in [0.25, 0.3) is 0 Å². The number of aromatic nitrogens is 3. The van der Waals surface area contributed by atoms with E-state index in [1.54, 1.807) is 0 Å². The van der Waals surface area contributed by atoms with Crippen molar-refractivity contribution in [2.75, 3.05) is 11.9 Å². The van der Waals surface area contributed by atoms with Crippen LogP contribution in [0.2, 0.25) is 0 Å². The van der Waals surface area contributed by atoms with Gasteiger partial charge in [0, 0.05) is 29.4 Å². The maximum absolute atomic E-state index is 4.73. The molecule has 6 heteroatoms. The van der Waals surface area contributed by atoms with Gasteiger partial charge in [0.05, 0.1) is 10.7 Å². The van der Waals surface area contributed by atoms with Crippen LogP contribution in [0.3, 0.4) is 0 Å². The molecule has 0 radical (unpaired) electrons. The molecule has 1 aliphatic carbocycles. The normalized spacial score (nSPS) is 14.5. The van der Waals surface area contributed by atoms with Crippen LogP contribution < -0.4 is 5.32 Å². The van der Waals surface area contributed by atoms with Gasteiger partial charge in [-0.25, -0.2) is 9.97 Å². The van der Waals surface area contributed by atoms with Crippen LogP contribution in [0.5, 0.6) is 0 Å². The van der Waals surface area contributed by atoms with Gasteiger partial charge in [0.15, 0.2) is 0 Å². The van der Waals surface area contributed by atoms with Gasteiger partial charge in [-0.05, 0) is 32.6 Å². The number of nitrogens with zero attached hydrogens (tertiary/aromatic N) is 3. The van der Waals surface area contributed by atoms with Crippen LogP contribution in [-0.4, -0.2) is 20.9 Å². The minimum absolute atomic E-state index is 0.840. The zero-order valence-corrected chi connectivity index (χ0v) is 12.0. The molecule has 0 spiro atoms. The van der Waals surface area contributed by atoms with Crippen LogP contribution in [0, 0.1) is 6.92 Å². The Hall–Kier alpha value is -1.01. The zero-order valence-electron chi connectivity index (χ0n) is 10.4. The first-order valence-electron chi connectivity index (χ1n) is 6.33. The monoisotopic (exact) mass is 280 g/mol. The lowest BCUT2D eigenvalue weighted by molar-refractivity contribution is 0.680. The highest BCUT2D eigenvalue weighted by Gasteiger charge is 2.14. The third-order valence-electron chi connectivity index (χ3n) is 3.03. The molecule has 4 nitrogen and oxygen atoms in total. The van der Waals surface area contributed by atoms with E-state index < -0.39 is 0 Å². The van der Waals surface area contributed by atoms with E-state index in [0.29, 0.717) is 0 Å². The Morgan fingerprint density at radius 2 is 2.11 bits per heavy atom. The topological polar surface area (TPSA) is 50.7 Å². The zero-order chi connectivity index (χ0) is 12.4. The standard InChI is InChI=1S/C12H16N4S2/c1-8-14-12(18-16-8)13-7-6-11-15-9-4-2-3-5-10(9)17-11/h2-7H2,1H3,(H,13,14,16). The molecule has 18 heavy (non-hydrogen) atoms. The van der Waals surface area contributed by atoms with Crippen molar-refractivity contribution >= 4 is 28.0 Å². The van der Waals surface area contributed by atoms with Crippen molar-refractivity contribution in [1.82, 2.24) is 14.3 Å². The summed E-state index contributed by atoms with van der Waals surface area (Å²) in [7, 11) is 0. The lowest BCUT2D eigenvalue weighted by Gasteiger charge is -2.06.